The standard InChI is InChI=1S/C42H63N5O9S/c1-11-26(4)35(45-37(50)32-19-15-16-20-47(32)41(54)56-42(7,8)9)39(51)46(10)33(25(2)3)23-34(55-28(6)48)38-44-31(24-57-38)36(49)43-30(21-27(5)40(52)53)22-29-17-13-12-14-18-29/h12-14,17-18,24-27,30,32-35H,11,15-16,19-23H2,1-10H3,(H,43,49)(H,45,50)(H,52,53)/t26-,27-,30+,32+,33+,34+,35-/m0/s1. The van der Waals surface area contributed by atoms with Crippen molar-refractivity contribution in [1.82, 2.24) is 25.4 Å². The first-order valence-electron chi connectivity index (χ1n) is 20.0. The number of thiazole rings is 1. The van der Waals surface area contributed by atoms with Gasteiger partial charge in [-0.3, -0.25) is 28.9 Å². The summed E-state index contributed by atoms with van der Waals surface area (Å²) in [6.45, 7) is 16.3. The summed E-state index contributed by atoms with van der Waals surface area (Å²) < 4.78 is 11.4. The fourth-order valence-electron chi connectivity index (χ4n) is 6.97. The van der Waals surface area contributed by atoms with Crippen LogP contribution in [0.3, 0.4) is 0 Å². The first-order chi connectivity index (χ1) is 26.7. The number of nitrogens with zero attached hydrogens (tertiary/aromatic N) is 3. The average Bonchev–Trinajstić information content (AvgIpc) is 3.64. The molecule has 0 saturated carbocycles. The zero-order valence-corrected chi connectivity index (χ0v) is 36.0. The summed E-state index contributed by atoms with van der Waals surface area (Å²) in [5, 5.41) is 17.4. The van der Waals surface area contributed by atoms with Crippen LogP contribution in [0.15, 0.2) is 35.7 Å². The van der Waals surface area contributed by atoms with Gasteiger partial charge in [0.05, 0.1) is 5.92 Å². The van der Waals surface area contributed by atoms with Crippen molar-refractivity contribution >= 4 is 47.1 Å². The summed E-state index contributed by atoms with van der Waals surface area (Å²) in [4.78, 5) is 86.6. The van der Waals surface area contributed by atoms with Crippen LogP contribution in [0, 0.1) is 17.8 Å². The van der Waals surface area contributed by atoms with Crippen molar-refractivity contribution in [2.45, 2.75) is 143 Å². The van der Waals surface area contributed by atoms with Crippen LogP contribution in [0.2, 0.25) is 0 Å². The zero-order chi connectivity index (χ0) is 42.6. The monoisotopic (exact) mass is 813 g/mol. The summed E-state index contributed by atoms with van der Waals surface area (Å²) >= 11 is 1.15. The van der Waals surface area contributed by atoms with E-state index in [0.29, 0.717) is 30.8 Å². The van der Waals surface area contributed by atoms with Crippen LogP contribution >= 0.6 is 11.3 Å². The number of likely N-dealkylation sites (tertiary alicyclic amines) is 1. The highest BCUT2D eigenvalue weighted by molar-refractivity contribution is 7.09. The Bertz CT molecular complexity index is 1680. The van der Waals surface area contributed by atoms with Crippen molar-refractivity contribution in [2.24, 2.45) is 17.8 Å². The van der Waals surface area contributed by atoms with Gasteiger partial charge in [0, 0.05) is 44.4 Å². The molecule has 0 aliphatic carbocycles. The number of carbonyl (C=O) groups is 6. The van der Waals surface area contributed by atoms with Gasteiger partial charge in [0.2, 0.25) is 11.8 Å². The van der Waals surface area contributed by atoms with Crippen LogP contribution in [0.5, 0.6) is 0 Å². The SMILES string of the molecule is CC[C@H](C)[C@H](NC(=O)[C@H]1CCCCN1C(=O)OC(C)(C)C)C(=O)N(C)[C@H](C[C@@H](OC(C)=O)c1nc(C(=O)N[C@@H](Cc2ccccc2)C[C@H](C)C(=O)O)cs1)C(C)C. The minimum Gasteiger partial charge on any atom is -0.481 e. The van der Waals surface area contributed by atoms with Crippen molar-refractivity contribution in [3.63, 3.8) is 0 Å². The molecule has 14 nitrogen and oxygen atoms in total. The maximum Gasteiger partial charge on any atom is 0.410 e. The third kappa shape index (κ3) is 14.1. The quantitative estimate of drug-likeness (QED) is 0.143. The molecular formula is C42H63N5O9S. The summed E-state index contributed by atoms with van der Waals surface area (Å²) in [7, 11) is 1.67. The Kier molecular flexibility index (Phi) is 17.5. The summed E-state index contributed by atoms with van der Waals surface area (Å²) in [6, 6.07) is 6.83. The lowest BCUT2D eigenvalue weighted by molar-refractivity contribution is -0.149. The van der Waals surface area contributed by atoms with Crippen LogP contribution in [-0.2, 0) is 35.1 Å². The molecule has 7 atom stereocenters. The van der Waals surface area contributed by atoms with Gasteiger partial charge in [-0.05, 0) is 70.3 Å². The van der Waals surface area contributed by atoms with E-state index in [0.717, 1.165) is 29.7 Å². The molecule has 3 rings (SSSR count). The van der Waals surface area contributed by atoms with E-state index in [4.69, 9.17) is 9.47 Å². The molecule has 1 fully saturated rings. The number of ether oxygens (including phenoxy) is 2. The molecule has 1 aromatic heterocycles. The van der Waals surface area contributed by atoms with Gasteiger partial charge in [-0.25, -0.2) is 9.78 Å². The molecular weight excluding hydrogens is 751 g/mol. The normalized spacial score (nSPS) is 17.7. The van der Waals surface area contributed by atoms with Crippen molar-refractivity contribution < 1.29 is 43.3 Å². The number of hydrogen-bond acceptors (Lipinski definition) is 10. The highest BCUT2D eigenvalue weighted by atomic mass is 32.1. The number of rotatable bonds is 18. The molecule has 3 N–H and O–H groups in total. The molecule has 2 aromatic rings. The Morgan fingerprint density at radius 2 is 1.68 bits per heavy atom. The third-order valence-electron chi connectivity index (χ3n) is 10.3. The fourth-order valence-corrected chi connectivity index (χ4v) is 7.81. The zero-order valence-electron chi connectivity index (χ0n) is 35.2. The molecule has 0 spiro atoms. The Morgan fingerprint density at radius 3 is 2.26 bits per heavy atom. The Hall–Kier alpha value is -4.53. The smallest absolute Gasteiger partial charge is 0.410 e. The molecule has 0 radical (unpaired) electrons. The molecule has 1 aromatic carbocycles. The number of nitrogens with one attached hydrogen (secondary N) is 2. The maximum atomic E-state index is 14.4. The largest absolute Gasteiger partial charge is 0.481 e. The maximum absolute atomic E-state index is 14.4. The second kappa shape index (κ2) is 21.3. The minimum atomic E-state index is -0.961. The van der Waals surface area contributed by atoms with Crippen LogP contribution in [0.1, 0.15) is 128 Å². The van der Waals surface area contributed by atoms with Crippen LogP contribution in [-0.4, -0.2) is 99.0 Å². The molecule has 15 heteroatoms. The lowest BCUT2D eigenvalue weighted by Crippen LogP contribution is -2.59. The van der Waals surface area contributed by atoms with E-state index in [9.17, 15) is 33.9 Å². The molecule has 0 bridgehead atoms. The van der Waals surface area contributed by atoms with Gasteiger partial charge in [0.1, 0.15) is 28.4 Å². The predicted octanol–water partition coefficient (Wildman–Crippen LogP) is 6.39. The van der Waals surface area contributed by atoms with Gasteiger partial charge in [0.15, 0.2) is 6.10 Å². The molecule has 0 unspecified atom stereocenters. The number of likely N-dealkylation sites (N-methyl/N-ethyl adjacent to an activating group) is 1. The molecule has 4 amide bonds. The molecule has 57 heavy (non-hydrogen) atoms. The van der Waals surface area contributed by atoms with E-state index in [1.165, 1.54) is 11.8 Å². The number of piperidine rings is 1. The number of amides is 4. The molecule has 1 aliphatic rings. The summed E-state index contributed by atoms with van der Waals surface area (Å²) in [5.41, 5.74) is 0.310. The number of carboxylic acid groups (broad SMARTS) is 1. The second-order valence-electron chi connectivity index (χ2n) is 16.6. The van der Waals surface area contributed by atoms with Gasteiger partial charge in [-0.1, -0.05) is 71.4 Å². The van der Waals surface area contributed by atoms with Crippen molar-refractivity contribution in [1.29, 1.82) is 0 Å². The van der Waals surface area contributed by atoms with E-state index >= 15 is 0 Å². The van der Waals surface area contributed by atoms with E-state index in [-0.39, 0.29) is 36.3 Å². The van der Waals surface area contributed by atoms with Gasteiger partial charge < -0.3 is 30.1 Å². The highest BCUT2D eigenvalue weighted by Crippen LogP contribution is 2.31. The van der Waals surface area contributed by atoms with E-state index < -0.39 is 71.6 Å². The highest BCUT2D eigenvalue weighted by Gasteiger charge is 2.40. The lowest BCUT2D eigenvalue weighted by atomic mass is 9.92. The number of carboxylic acids is 1. The van der Waals surface area contributed by atoms with Crippen molar-refractivity contribution in [3.8, 4) is 0 Å². The van der Waals surface area contributed by atoms with E-state index in [1.807, 2.05) is 58.0 Å². The second-order valence-corrected chi connectivity index (χ2v) is 17.4. The minimum absolute atomic E-state index is 0.0985. The van der Waals surface area contributed by atoms with Gasteiger partial charge in [0.25, 0.3) is 5.91 Å². The van der Waals surface area contributed by atoms with Gasteiger partial charge >= 0.3 is 18.0 Å². The topological polar surface area (TPSA) is 185 Å². The number of carbonyl (C=O) groups excluding carboxylic acids is 5. The molecule has 316 valence electrons. The molecule has 1 aliphatic heterocycles. The van der Waals surface area contributed by atoms with Crippen molar-refractivity contribution in [3.05, 3.63) is 52.0 Å². The number of aromatic nitrogens is 1. The molecule has 2 heterocycles. The number of benzene rings is 1. The Labute approximate surface area is 341 Å². The van der Waals surface area contributed by atoms with Crippen molar-refractivity contribution in [2.75, 3.05) is 13.6 Å². The Morgan fingerprint density at radius 1 is 1.02 bits per heavy atom. The third-order valence-corrected chi connectivity index (χ3v) is 11.3. The summed E-state index contributed by atoms with van der Waals surface area (Å²) in [6.07, 6.45) is 1.87. The van der Waals surface area contributed by atoms with Crippen LogP contribution < -0.4 is 10.6 Å². The number of hydrogen-bond donors (Lipinski definition) is 3. The summed E-state index contributed by atoms with van der Waals surface area (Å²) in [5.74, 6) is -3.81. The average molecular weight is 814 g/mol. The Balaban J connectivity index is 1.83. The van der Waals surface area contributed by atoms with Gasteiger partial charge in [-0.15, -0.1) is 11.3 Å². The number of aliphatic carboxylic acids is 1. The van der Waals surface area contributed by atoms with Crippen LogP contribution in [0.4, 0.5) is 4.79 Å². The van der Waals surface area contributed by atoms with Crippen LogP contribution in [0.25, 0.3) is 0 Å². The fraction of sp³-hybridized carbons (Fsp3) is 0.643. The molecule has 1 saturated heterocycles. The number of esters is 1. The van der Waals surface area contributed by atoms with E-state index in [1.54, 1.807) is 45.0 Å². The first kappa shape index (κ1) is 46.8. The van der Waals surface area contributed by atoms with Gasteiger partial charge in [-0.2, -0.15) is 0 Å². The predicted molar refractivity (Wildman–Crippen MR) is 217 cm³/mol. The first-order valence-corrected chi connectivity index (χ1v) is 20.9. The van der Waals surface area contributed by atoms with E-state index in [2.05, 4.69) is 15.6 Å². The lowest BCUT2D eigenvalue weighted by Gasteiger charge is -2.39.